The number of carbonyl (C=O) groups is 7. The van der Waals surface area contributed by atoms with E-state index < -0.39 is 145 Å². The predicted octanol–water partition coefficient (Wildman–Crippen LogP) is -0.0679. The second-order valence-electron chi connectivity index (χ2n) is 21.9. The van der Waals surface area contributed by atoms with Crippen LogP contribution in [-0.4, -0.2) is 190 Å². The van der Waals surface area contributed by atoms with Gasteiger partial charge in [0.25, 0.3) is 0 Å². The van der Waals surface area contributed by atoms with Gasteiger partial charge in [-0.05, 0) is 80.8 Å². The maximum atomic E-state index is 14.7. The molecule has 5 rings (SSSR count). The molecule has 0 saturated carbocycles. The highest BCUT2D eigenvalue weighted by Crippen LogP contribution is 2.30. The first-order valence-electron chi connectivity index (χ1n) is 28.1. The number of aliphatic hydroxyl groups excluding tert-OH is 7. The zero-order chi connectivity index (χ0) is 58.8. The van der Waals surface area contributed by atoms with Gasteiger partial charge in [-0.25, -0.2) is 0 Å². The van der Waals surface area contributed by atoms with E-state index >= 15 is 0 Å². The zero-order valence-electron chi connectivity index (χ0n) is 46.3. The molecule has 2 unspecified atom stereocenters. The molecule has 16 atom stereocenters. The molecule has 3 fully saturated rings. The average molecular weight is 1140 g/mol. The van der Waals surface area contributed by atoms with Crippen molar-refractivity contribution in [3.63, 3.8) is 0 Å². The van der Waals surface area contributed by atoms with Gasteiger partial charge in [-0.3, -0.25) is 33.6 Å². The fraction of sp³-hybridized carbons (Fsp3) is 0.661. The molecule has 3 heterocycles. The third kappa shape index (κ3) is 18.5. The monoisotopic (exact) mass is 1140 g/mol. The van der Waals surface area contributed by atoms with Gasteiger partial charge in [0.1, 0.15) is 59.6 Å². The van der Waals surface area contributed by atoms with Crippen molar-refractivity contribution in [1.82, 2.24) is 36.4 Å². The lowest BCUT2D eigenvalue weighted by atomic mass is 9.91. The number of unbranched alkanes of at least 4 members (excludes halogenated alkanes) is 5. The van der Waals surface area contributed by atoms with E-state index in [1.54, 1.807) is 30.3 Å². The maximum Gasteiger partial charge on any atom is 0.248 e. The topological polar surface area (TPSA) is 374 Å². The second kappa shape index (κ2) is 31.7. The van der Waals surface area contributed by atoms with Crippen molar-refractivity contribution in [2.24, 2.45) is 17.6 Å². The lowest BCUT2D eigenvalue weighted by Crippen LogP contribution is -2.64. The number of benzene rings is 2. The molecular weight excluding hydrogens is 1060 g/mol. The van der Waals surface area contributed by atoms with Gasteiger partial charge in [0.2, 0.25) is 41.4 Å². The molecule has 3 aliphatic heterocycles. The van der Waals surface area contributed by atoms with Crippen LogP contribution in [0, 0.1) is 11.8 Å². The standard InChI is InChI=1S/C56H86N8O15S/c1-5-31(2)27-32(3)15-11-8-6-7-9-14-18-43(71)58-38-29-42(70)54(80-37-16-12-10-13-17-37)62-53(77)47-41(69)24-26-63(47)56(79)45(40(68)23-25-57)60-52(76)46(49(73)48(72)34-19-21-35(66)22-20-34)61-51(75)39-28-36(67)30-64(39)55(78)44(33(4)65)59-50(38)74/h10,12-13,16-17,19-22,31-33,36,38-42,44-49,54,65-70,72-73H,5-9,11,14-15,18,23-30,57H2,1-4H3,(H,58,71)(H,59,74)(H,60,76)(H,61,75)(H,62,77)/t31?,32?,33-,36-,38-,39+,40-,41+,42+,44+,45+,46+,47+,48+,49+,54-/m1/s1. The molecule has 23 nitrogen and oxygen atoms in total. The third-order valence-corrected chi connectivity index (χ3v) is 16.6. The second-order valence-corrected chi connectivity index (χ2v) is 23.1. The normalized spacial score (nSPS) is 27.9. The smallest absolute Gasteiger partial charge is 0.248 e. The molecule has 0 aromatic heterocycles. The summed E-state index contributed by atoms with van der Waals surface area (Å²) in [5.41, 5.74) is 5.73. The van der Waals surface area contributed by atoms with Gasteiger partial charge in [0, 0.05) is 37.2 Å². The molecular formula is C56H86N8O15S. The summed E-state index contributed by atoms with van der Waals surface area (Å²) in [6.07, 6.45) is -5.32. The molecule has 0 aliphatic carbocycles. The lowest BCUT2D eigenvalue weighted by Gasteiger charge is -2.35. The quantitative estimate of drug-likeness (QED) is 0.0687. The number of hydrogen-bond donors (Lipinski definition) is 14. The first-order chi connectivity index (χ1) is 38.0. The fourth-order valence-electron chi connectivity index (χ4n) is 10.6. The van der Waals surface area contributed by atoms with E-state index in [4.69, 9.17) is 5.73 Å². The average Bonchev–Trinajstić information content (AvgIpc) is 4.03. The number of nitrogens with two attached hydrogens (primary N) is 1. The van der Waals surface area contributed by atoms with Crippen LogP contribution in [0.1, 0.15) is 129 Å². The van der Waals surface area contributed by atoms with E-state index in [0.717, 1.165) is 60.1 Å². The number of amides is 7. The Morgan fingerprint density at radius 1 is 0.713 bits per heavy atom. The van der Waals surface area contributed by atoms with E-state index in [1.165, 1.54) is 37.6 Å². The fourth-order valence-corrected chi connectivity index (χ4v) is 11.6. The summed E-state index contributed by atoms with van der Waals surface area (Å²) in [7, 11) is 0. The van der Waals surface area contributed by atoms with Crippen molar-refractivity contribution in [1.29, 1.82) is 0 Å². The molecule has 446 valence electrons. The number of hydrogen-bond acceptors (Lipinski definition) is 17. The molecule has 24 heteroatoms. The summed E-state index contributed by atoms with van der Waals surface area (Å²) in [5, 5.41) is 101. The minimum absolute atomic E-state index is 0.0185. The Kier molecular flexibility index (Phi) is 25.9. The number of fused-ring (bicyclic) bond motifs is 2. The Hall–Kier alpha value is -5.44. The van der Waals surface area contributed by atoms with Gasteiger partial charge in [-0.1, -0.05) is 108 Å². The van der Waals surface area contributed by atoms with E-state index in [-0.39, 0.29) is 43.7 Å². The summed E-state index contributed by atoms with van der Waals surface area (Å²) < 4.78 is 0. The number of nitrogens with zero attached hydrogens (tertiary/aromatic N) is 2. The van der Waals surface area contributed by atoms with Gasteiger partial charge in [-0.2, -0.15) is 0 Å². The third-order valence-electron chi connectivity index (χ3n) is 15.3. The number of phenolic OH excluding ortho intramolecular Hbond substituents is 1. The number of thioether (sulfide) groups is 1. The Morgan fingerprint density at radius 2 is 1.34 bits per heavy atom. The molecule has 0 spiro atoms. The van der Waals surface area contributed by atoms with Crippen LogP contribution >= 0.6 is 11.8 Å². The van der Waals surface area contributed by atoms with Crippen LogP contribution in [0.15, 0.2) is 59.5 Å². The summed E-state index contributed by atoms with van der Waals surface area (Å²) in [6.45, 7) is 6.85. The molecule has 15 N–H and O–H groups in total. The first-order valence-corrected chi connectivity index (χ1v) is 29.0. The Bertz CT molecular complexity index is 2340. The predicted molar refractivity (Wildman–Crippen MR) is 295 cm³/mol. The van der Waals surface area contributed by atoms with Crippen molar-refractivity contribution in [3.05, 3.63) is 60.2 Å². The number of carbonyl (C=O) groups excluding carboxylic acids is 7. The van der Waals surface area contributed by atoms with E-state index in [0.29, 0.717) is 29.6 Å². The largest absolute Gasteiger partial charge is 0.508 e. The van der Waals surface area contributed by atoms with Crippen molar-refractivity contribution in [2.45, 2.75) is 207 Å². The summed E-state index contributed by atoms with van der Waals surface area (Å²) in [5.74, 6) is -6.32. The van der Waals surface area contributed by atoms with Crippen molar-refractivity contribution < 1.29 is 74.4 Å². The van der Waals surface area contributed by atoms with E-state index in [2.05, 4.69) is 47.4 Å². The summed E-state index contributed by atoms with van der Waals surface area (Å²) in [6, 6.07) is 2.11. The van der Waals surface area contributed by atoms with Crippen molar-refractivity contribution >= 4 is 53.1 Å². The van der Waals surface area contributed by atoms with Crippen LogP contribution < -0.4 is 32.3 Å². The van der Waals surface area contributed by atoms with Crippen LogP contribution in [0.5, 0.6) is 5.75 Å². The van der Waals surface area contributed by atoms with Gasteiger partial charge in [-0.15, -0.1) is 0 Å². The van der Waals surface area contributed by atoms with Gasteiger partial charge < -0.3 is 83.0 Å². The van der Waals surface area contributed by atoms with Gasteiger partial charge in [0.15, 0.2) is 0 Å². The highest BCUT2D eigenvalue weighted by molar-refractivity contribution is 8.00. The molecule has 2 aromatic rings. The highest BCUT2D eigenvalue weighted by atomic mass is 32.2. The van der Waals surface area contributed by atoms with Crippen LogP contribution in [0.25, 0.3) is 0 Å². The molecule has 80 heavy (non-hydrogen) atoms. The van der Waals surface area contributed by atoms with Crippen molar-refractivity contribution in [2.75, 3.05) is 19.6 Å². The lowest BCUT2D eigenvalue weighted by molar-refractivity contribution is -0.148. The SMILES string of the molecule is CCC(C)CC(C)CCCCCCCCC(=O)N[C@@H]1C[C@H](O)[C@@H](Sc2ccccc2)NC(=O)[C@@H]2[C@@H](O)CCN2C(=O)[C@H]([C@H](O)CCN)NC(=O)[C@H]([C@H](O)[C@@H](O)c2ccc(O)cc2)NC(=O)[C@@H]2C[C@@H](O)CN2C(=O)[C@H]([C@@H](C)O)NC1=O. The number of aliphatic hydroxyl groups is 7. The van der Waals surface area contributed by atoms with E-state index in [9.17, 15) is 74.4 Å². The molecule has 2 aromatic carbocycles. The molecule has 3 aliphatic rings. The van der Waals surface area contributed by atoms with E-state index in [1.807, 2.05) is 0 Å². The summed E-state index contributed by atoms with van der Waals surface area (Å²) >= 11 is 0.936. The Labute approximate surface area is 472 Å². The number of aromatic hydroxyl groups is 1. The van der Waals surface area contributed by atoms with Gasteiger partial charge >= 0.3 is 0 Å². The highest BCUT2D eigenvalue weighted by Gasteiger charge is 2.49. The zero-order valence-corrected chi connectivity index (χ0v) is 47.1. The molecule has 3 saturated heterocycles. The maximum absolute atomic E-state index is 14.7. The minimum Gasteiger partial charge on any atom is -0.508 e. The number of nitrogens with one attached hydrogen (secondary N) is 5. The minimum atomic E-state index is -2.28. The molecule has 0 radical (unpaired) electrons. The van der Waals surface area contributed by atoms with Crippen molar-refractivity contribution in [3.8, 4) is 5.75 Å². The van der Waals surface area contributed by atoms with Gasteiger partial charge in [0.05, 0.1) is 30.5 Å². The number of phenols is 1. The van der Waals surface area contributed by atoms with Crippen LogP contribution in [0.2, 0.25) is 0 Å². The summed E-state index contributed by atoms with van der Waals surface area (Å²) in [4.78, 5) is 104. The molecule has 0 bridgehead atoms. The van der Waals surface area contributed by atoms with Crippen LogP contribution in [0.4, 0.5) is 0 Å². The van der Waals surface area contributed by atoms with Crippen LogP contribution in [0.3, 0.4) is 0 Å². The number of rotatable bonds is 22. The van der Waals surface area contributed by atoms with Crippen LogP contribution in [-0.2, 0) is 33.6 Å². The Morgan fingerprint density at radius 3 is 1.99 bits per heavy atom. The Balaban J connectivity index is 1.52. The first kappa shape index (κ1) is 65.4. The molecule has 7 amide bonds.